The van der Waals surface area contributed by atoms with Crippen LogP contribution in [-0.2, 0) is 0 Å². The van der Waals surface area contributed by atoms with E-state index in [0.717, 1.165) is 5.56 Å². The molecular weight excluding hydrogens is 479 g/mol. The number of nitrogens with one attached hydrogen (secondary N) is 1. The summed E-state index contributed by atoms with van der Waals surface area (Å²) in [6.07, 6.45) is 3.35. The molecule has 1 aromatic carbocycles. The van der Waals surface area contributed by atoms with Crippen molar-refractivity contribution in [2.45, 2.75) is 51.4 Å². The number of aryl methyl sites for hydroxylation is 2. The van der Waals surface area contributed by atoms with E-state index in [2.05, 4.69) is 10.4 Å². The zero-order valence-corrected chi connectivity index (χ0v) is 20.7. The molecule has 37 heavy (non-hydrogen) atoms. The molecule has 4 aromatic rings. The number of carbonyl (C=O) groups is 2. The van der Waals surface area contributed by atoms with Crippen molar-refractivity contribution < 1.29 is 28.2 Å². The molecular formula is C27H27FN4O5. The molecule has 0 unspecified atom stereocenters. The topological polar surface area (TPSA) is 109 Å². The molecule has 0 radical (unpaired) electrons. The van der Waals surface area contributed by atoms with E-state index in [-0.39, 0.29) is 24.9 Å². The quantitative estimate of drug-likeness (QED) is 0.425. The Morgan fingerprint density at radius 3 is 2.70 bits per heavy atom. The molecule has 192 valence electrons. The summed E-state index contributed by atoms with van der Waals surface area (Å²) in [5.41, 5.74) is 1.87. The first kappa shape index (κ1) is 23.5. The number of likely N-dealkylation sites (tertiary alicyclic amines) is 1. The van der Waals surface area contributed by atoms with Crippen LogP contribution in [0.4, 0.5) is 4.39 Å². The van der Waals surface area contributed by atoms with E-state index in [4.69, 9.17) is 9.15 Å². The van der Waals surface area contributed by atoms with Gasteiger partial charge in [0.15, 0.2) is 5.75 Å². The summed E-state index contributed by atoms with van der Waals surface area (Å²) in [5, 5.41) is 17.7. The van der Waals surface area contributed by atoms with Crippen molar-refractivity contribution >= 4 is 28.3 Å². The van der Waals surface area contributed by atoms with Crippen LogP contribution in [0.1, 0.15) is 51.8 Å². The summed E-state index contributed by atoms with van der Waals surface area (Å²) in [6, 6.07) is 6.44. The minimum absolute atomic E-state index is 0.167. The lowest BCUT2D eigenvalue weighted by Gasteiger charge is -2.44. The molecule has 6 rings (SSSR count). The smallest absolute Gasteiger partial charge is 0.255 e. The number of rotatable bonds is 5. The molecule has 0 spiro atoms. The first-order valence-electron chi connectivity index (χ1n) is 12.3. The zero-order chi connectivity index (χ0) is 26.1. The van der Waals surface area contributed by atoms with E-state index in [1.165, 1.54) is 0 Å². The number of hydrogen-bond acceptors (Lipinski definition) is 6. The van der Waals surface area contributed by atoms with Crippen molar-refractivity contribution in [3.8, 4) is 11.5 Å². The van der Waals surface area contributed by atoms with Crippen LogP contribution in [0.25, 0.3) is 16.5 Å². The monoisotopic (exact) mass is 506 g/mol. The lowest BCUT2D eigenvalue weighted by molar-refractivity contribution is -0.0669. The molecule has 2 N–H and O–H groups in total. The van der Waals surface area contributed by atoms with Crippen LogP contribution < -0.4 is 10.1 Å². The van der Waals surface area contributed by atoms with Crippen LogP contribution in [0.2, 0.25) is 0 Å². The van der Waals surface area contributed by atoms with Crippen molar-refractivity contribution in [1.82, 2.24) is 19.8 Å². The van der Waals surface area contributed by atoms with Gasteiger partial charge in [0.25, 0.3) is 11.8 Å². The molecule has 2 amide bonds. The Morgan fingerprint density at radius 2 is 2.03 bits per heavy atom. The lowest BCUT2D eigenvalue weighted by atomic mass is 9.90. The average molecular weight is 507 g/mol. The molecule has 2 fully saturated rings. The maximum atomic E-state index is 13.6. The molecule has 0 bridgehead atoms. The van der Waals surface area contributed by atoms with Crippen molar-refractivity contribution in [2.75, 3.05) is 13.1 Å². The highest BCUT2D eigenvalue weighted by atomic mass is 19.1. The van der Waals surface area contributed by atoms with Crippen molar-refractivity contribution in [3.63, 3.8) is 0 Å². The van der Waals surface area contributed by atoms with Crippen LogP contribution in [0, 0.1) is 13.8 Å². The van der Waals surface area contributed by atoms with Crippen molar-refractivity contribution in [1.29, 1.82) is 0 Å². The minimum Gasteiger partial charge on any atom is -0.460 e. The van der Waals surface area contributed by atoms with Gasteiger partial charge in [0, 0.05) is 23.7 Å². The van der Waals surface area contributed by atoms with Crippen molar-refractivity contribution in [3.05, 3.63) is 59.1 Å². The summed E-state index contributed by atoms with van der Waals surface area (Å²) in [7, 11) is 0. The summed E-state index contributed by atoms with van der Waals surface area (Å²) in [6.45, 7) is 5.81. The fraction of sp³-hybridized carbons (Fsp3) is 0.370. The Morgan fingerprint density at radius 1 is 1.24 bits per heavy atom. The van der Waals surface area contributed by atoms with Gasteiger partial charge in [0.1, 0.15) is 28.8 Å². The zero-order valence-electron chi connectivity index (χ0n) is 20.7. The number of nitrogens with zero attached hydrogens (tertiary/aromatic N) is 3. The SMILES string of the molecule is Cc1oc2cc(Oc3ccnn4cc(C(=O)N5CC(C)(O)C5)c(C)c34)ccc2c1C(=O)N[C@@H]1CC[C@@H]1F. The molecule has 1 aliphatic heterocycles. The third kappa shape index (κ3) is 3.92. The molecule has 10 heteroatoms. The Bertz CT molecular complexity index is 1560. The van der Waals surface area contributed by atoms with Gasteiger partial charge in [-0.05, 0) is 51.3 Å². The van der Waals surface area contributed by atoms with Gasteiger partial charge in [-0.3, -0.25) is 9.59 Å². The number of β-amino-alcohol motifs (C(OH)–C–C–N with tert-alkyl or cyclic N) is 1. The Balaban J connectivity index is 1.28. The molecule has 4 heterocycles. The summed E-state index contributed by atoms with van der Waals surface area (Å²) in [5.74, 6) is 0.914. The van der Waals surface area contributed by atoms with Crippen LogP contribution in [0.3, 0.4) is 0 Å². The van der Waals surface area contributed by atoms with Crippen LogP contribution in [0.5, 0.6) is 11.5 Å². The fourth-order valence-electron chi connectivity index (χ4n) is 5.15. The molecule has 1 saturated heterocycles. The van der Waals surface area contributed by atoms with Gasteiger partial charge in [0.2, 0.25) is 0 Å². The molecule has 1 saturated carbocycles. The second-order valence-corrected chi connectivity index (χ2v) is 10.3. The number of aliphatic hydroxyl groups is 1. The van der Waals surface area contributed by atoms with Crippen molar-refractivity contribution in [2.24, 2.45) is 0 Å². The third-order valence-electron chi connectivity index (χ3n) is 7.27. The predicted octanol–water partition coefficient (Wildman–Crippen LogP) is 3.93. The summed E-state index contributed by atoms with van der Waals surface area (Å²) < 4.78 is 27.3. The number of furan rings is 1. The van der Waals surface area contributed by atoms with Crippen LogP contribution >= 0.6 is 0 Å². The van der Waals surface area contributed by atoms with Gasteiger partial charge in [-0.2, -0.15) is 5.10 Å². The number of hydrogen-bond donors (Lipinski definition) is 2. The predicted molar refractivity (Wildman–Crippen MR) is 133 cm³/mol. The molecule has 3 aromatic heterocycles. The van der Waals surface area contributed by atoms with Crippen LogP contribution in [0.15, 0.2) is 41.1 Å². The van der Waals surface area contributed by atoms with Gasteiger partial charge in [-0.15, -0.1) is 0 Å². The second-order valence-electron chi connectivity index (χ2n) is 10.3. The number of fused-ring (bicyclic) bond motifs is 2. The highest BCUT2D eigenvalue weighted by molar-refractivity contribution is 6.07. The maximum Gasteiger partial charge on any atom is 0.255 e. The van der Waals surface area contributed by atoms with E-state index in [9.17, 15) is 19.1 Å². The third-order valence-corrected chi connectivity index (χ3v) is 7.27. The van der Waals surface area contributed by atoms with Gasteiger partial charge < -0.3 is 24.5 Å². The first-order chi connectivity index (χ1) is 17.6. The Hall–Kier alpha value is -3.92. The van der Waals surface area contributed by atoms with E-state index < -0.39 is 17.8 Å². The maximum absolute atomic E-state index is 13.6. The first-order valence-corrected chi connectivity index (χ1v) is 12.3. The molecule has 9 nitrogen and oxygen atoms in total. The summed E-state index contributed by atoms with van der Waals surface area (Å²) >= 11 is 0. The highest BCUT2D eigenvalue weighted by Gasteiger charge is 2.40. The molecule has 2 aliphatic rings. The number of carbonyl (C=O) groups excluding carboxylic acids is 2. The molecule has 1 aliphatic carbocycles. The average Bonchev–Trinajstić information content (AvgIpc) is 3.35. The van der Waals surface area contributed by atoms with E-state index >= 15 is 0 Å². The highest BCUT2D eigenvalue weighted by Crippen LogP contribution is 2.35. The summed E-state index contributed by atoms with van der Waals surface area (Å²) in [4.78, 5) is 27.4. The molecule has 2 atom stereocenters. The number of alkyl halides is 1. The second kappa shape index (κ2) is 8.31. The van der Waals surface area contributed by atoms with E-state index in [1.54, 1.807) is 59.9 Å². The Kier molecular flexibility index (Phi) is 5.27. The van der Waals surface area contributed by atoms with Gasteiger partial charge in [0.05, 0.1) is 42.1 Å². The number of aromatic nitrogens is 2. The van der Waals surface area contributed by atoms with E-state index in [0.29, 0.717) is 57.7 Å². The van der Waals surface area contributed by atoms with Crippen LogP contribution in [-0.4, -0.2) is 62.3 Å². The van der Waals surface area contributed by atoms with Gasteiger partial charge in [-0.25, -0.2) is 8.91 Å². The number of amides is 2. The van der Waals surface area contributed by atoms with E-state index in [1.807, 2.05) is 6.92 Å². The normalized spacial score (nSPS) is 20.5. The van der Waals surface area contributed by atoms with Gasteiger partial charge >= 0.3 is 0 Å². The standard InChI is InChI=1S/C27H27FN4O5/c1-14-18(26(34)31-12-27(3,35)13-31)11-32-24(14)21(8-9-29-32)37-16-4-5-17-22(10-16)36-15(2)23(17)25(33)30-20-7-6-19(20)28/h4-5,8-11,19-20,35H,6-7,12-13H2,1-3H3,(H,30,33)/t19-,20+/m0/s1. The number of ether oxygens (including phenoxy) is 1. The lowest BCUT2D eigenvalue weighted by Crippen LogP contribution is -2.61. The number of benzene rings is 1. The van der Waals surface area contributed by atoms with Gasteiger partial charge in [-0.1, -0.05) is 0 Å². The largest absolute Gasteiger partial charge is 0.460 e. The minimum atomic E-state index is -1.01. The fourth-order valence-corrected chi connectivity index (χ4v) is 5.15. The number of halogens is 1. The Labute approximate surface area is 211 Å².